The molecule has 1 aliphatic heterocycles. The number of fused-ring (bicyclic) bond motifs is 1. The van der Waals surface area contributed by atoms with Gasteiger partial charge in [0.15, 0.2) is 5.69 Å². The molecule has 1 aromatic heterocycles. The van der Waals surface area contributed by atoms with E-state index in [1.54, 1.807) is 6.07 Å². The number of aliphatic hydroxyl groups is 1. The smallest absolute Gasteiger partial charge is 0.354 e. The first-order valence-corrected chi connectivity index (χ1v) is 6.79. The number of aliphatic hydroxyl groups excluding tert-OH is 1. The first-order valence-electron chi connectivity index (χ1n) is 6.79. The quantitative estimate of drug-likeness (QED) is 0.881. The van der Waals surface area contributed by atoms with Gasteiger partial charge in [0, 0.05) is 11.9 Å². The average Bonchev–Trinajstić information content (AvgIpc) is 2.53. The molecule has 1 aromatic carbocycles. The van der Waals surface area contributed by atoms with Crippen LogP contribution in [-0.4, -0.2) is 53.6 Å². The second-order valence-electron chi connectivity index (χ2n) is 4.96. The van der Waals surface area contributed by atoms with Crippen molar-refractivity contribution in [3.8, 4) is 0 Å². The predicted molar refractivity (Wildman–Crippen MR) is 77.7 cm³/mol. The number of aromatic carboxylic acids is 1. The summed E-state index contributed by atoms with van der Waals surface area (Å²) in [4.78, 5) is 17.5. The third-order valence-electron chi connectivity index (χ3n) is 3.65. The zero-order valence-corrected chi connectivity index (χ0v) is 11.4. The van der Waals surface area contributed by atoms with Crippen LogP contribution in [0.1, 0.15) is 10.5 Å². The van der Waals surface area contributed by atoms with Crippen molar-refractivity contribution < 1.29 is 19.7 Å². The van der Waals surface area contributed by atoms with Crippen molar-refractivity contribution in [3.05, 3.63) is 36.0 Å². The van der Waals surface area contributed by atoms with Crippen molar-refractivity contribution in [1.82, 2.24) is 4.98 Å². The summed E-state index contributed by atoms with van der Waals surface area (Å²) in [5, 5.41) is 20.4. The van der Waals surface area contributed by atoms with Crippen molar-refractivity contribution in [2.75, 3.05) is 31.3 Å². The number of hydrogen-bond acceptors (Lipinski definition) is 5. The first kappa shape index (κ1) is 13.8. The monoisotopic (exact) mass is 288 g/mol. The molecule has 1 saturated heterocycles. The highest BCUT2D eigenvalue weighted by atomic mass is 16.5. The molecule has 0 radical (unpaired) electrons. The van der Waals surface area contributed by atoms with Crippen LogP contribution in [0.2, 0.25) is 0 Å². The van der Waals surface area contributed by atoms with Crippen LogP contribution in [0.3, 0.4) is 0 Å². The van der Waals surface area contributed by atoms with E-state index >= 15 is 0 Å². The first-order chi connectivity index (χ1) is 10.2. The number of carbonyl (C=O) groups is 1. The molecule has 0 amide bonds. The van der Waals surface area contributed by atoms with E-state index in [4.69, 9.17) is 4.74 Å². The van der Waals surface area contributed by atoms with Crippen molar-refractivity contribution >= 4 is 22.6 Å². The largest absolute Gasteiger partial charge is 0.477 e. The number of carboxylic acids is 1. The van der Waals surface area contributed by atoms with Gasteiger partial charge < -0.3 is 19.8 Å². The van der Waals surface area contributed by atoms with E-state index < -0.39 is 5.97 Å². The minimum absolute atomic E-state index is 0.00637. The van der Waals surface area contributed by atoms with Crippen molar-refractivity contribution in [1.29, 1.82) is 0 Å². The van der Waals surface area contributed by atoms with Gasteiger partial charge in [0.2, 0.25) is 0 Å². The molecule has 2 N–H and O–H groups in total. The van der Waals surface area contributed by atoms with E-state index in [0.717, 1.165) is 10.8 Å². The molecular weight excluding hydrogens is 272 g/mol. The summed E-state index contributed by atoms with van der Waals surface area (Å²) in [6.45, 7) is 1.45. The Bertz CT molecular complexity index is 674. The Kier molecular flexibility index (Phi) is 3.72. The Hall–Kier alpha value is -2.18. The van der Waals surface area contributed by atoms with Gasteiger partial charge in [-0.25, -0.2) is 9.78 Å². The minimum Gasteiger partial charge on any atom is -0.477 e. The maximum Gasteiger partial charge on any atom is 0.354 e. The van der Waals surface area contributed by atoms with Crippen molar-refractivity contribution in [2.24, 2.45) is 0 Å². The molecule has 0 saturated carbocycles. The molecule has 1 unspecified atom stereocenters. The summed E-state index contributed by atoms with van der Waals surface area (Å²) in [5.41, 5.74) is 0.00637. The molecule has 1 aliphatic rings. The summed E-state index contributed by atoms with van der Waals surface area (Å²) < 4.78 is 5.37. The topological polar surface area (TPSA) is 82.9 Å². The number of anilines is 1. The Balaban J connectivity index is 2.17. The molecule has 21 heavy (non-hydrogen) atoms. The fourth-order valence-electron chi connectivity index (χ4n) is 2.59. The molecule has 110 valence electrons. The molecule has 1 fully saturated rings. The number of benzene rings is 1. The molecule has 0 bridgehead atoms. The number of carboxylic acid groups (broad SMARTS) is 1. The highest BCUT2D eigenvalue weighted by Crippen LogP contribution is 2.28. The van der Waals surface area contributed by atoms with Gasteiger partial charge in [-0.05, 0) is 11.5 Å². The van der Waals surface area contributed by atoms with Crippen LogP contribution in [0.25, 0.3) is 10.8 Å². The lowest BCUT2D eigenvalue weighted by Gasteiger charge is -2.36. The van der Waals surface area contributed by atoms with Gasteiger partial charge in [-0.3, -0.25) is 0 Å². The van der Waals surface area contributed by atoms with E-state index in [1.807, 2.05) is 29.2 Å². The molecule has 2 heterocycles. The summed E-state index contributed by atoms with van der Waals surface area (Å²) >= 11 is 0. The SMILES string of the molecule is O=C(O)c1cc2ccccc2c(N2CCOCC2CO)n1. The zero-order chi connectivity index (χ0) is 14.8. The number of hydrogen-bond donors (Lipinski definition) is 2. The van der Waals surface area contributed by atoms with Gasteiger partial charge in [0.25, 0.3) is 0 Å². The molecule has 6 nitrogen and oxygen atoms in total. The molecule has 1 atom stereocenters. The van der Waals surface area contributed by atoms with Crippen LogP contribution >= 0.6 is 0 Å². The fourth-order valence-corrected chi connectivity index (χ4v) is 2.59. The summed E-state index contributed by atoms with van der Waals surface area (Å²) in [6.07, 6.45) is 0. The Labute approximate surface area is 121 Å². The molecular formula is C15H16N2O4. The van der Waals surface area contributed by atoms with Crippen molar-refractivity contribution in [2.45, 2.75) is 6.04 Å². The number of aromatic nitrogens is 1. The number of morpholine rings is 1. The highest BCUT2D eigenvalue weighted by molar-refractivity contribution is 5.98. The second-order valence-corrected chi connectivity index (χ2v) is 4.96. The van der Waals surface area contributed by atoms with Gasteiger partial charge in [-0.15, -0.1) is 0 Å². The maximum absolute atomic E-state index is 11.3. The lowest BCUT2D eigenvalue weighted by molar-refractivity contribution is 0.0688. The van der Waals surface area contributed by atoms with Crippen LogP contribution in [0.4, 0.5) is 5.82 Å². The Morgan fingerprint density at radius 3 is 3.00 bits per heavy atom. The summed E-state index contributed by atoms with van der Waals surface area (Å²) in [6, 6.07) is 8.88. The molecule has 0 spiro atoms. The number of nitrogens with zero attached hydrogens (tertiary/aromatic N) is 2. The standard InChI is InChI=1S/C15H16N2O4/c18-8-11-9-21-6-5-17(11)14-12-4-2-1-3-10(12)7-13(16-14)15(19)20/h1-4,7,11,18H,5-6,8-9H2,(H,19,20). The normalized spacial score (nSPS) is 18.9. The second kappa shape index (κ2) is 5.67. The molecule has 2 aromatic rings. The Morgan fingerprint density at radius 2 is 2.24 bits per heavy atom. The number of ether oxygens (including phenoxy) is 1. The zero-order valence-electron chi connectivity index (χ0n) is 11.4. The molecule has 0 aliphatic carbocycles. The third kappa shape index (κ3) is 2.55. The molecule has 3 rings (SSSR count). The van der Waals surface area contributed by atoms with E-state index in [0.29, 0.717) is 25.6 Å². The van der Waals surface area contributed by atoms with Gasteiger partial charge in [0.1, 0.15) is 5.82 Å². The lowest BCUT2D eigenvalue weighted by Crippen LogP contribution is -2.48. The number of rotatable bonds is 3. The van der Waals surface area contributed by atoms with Crippen LogP contribution in [0.15, 0.2) is 30.3 Å². The third-order valence-corrected chi connectivity index (χ3v) is 3.65. The fraction of sp³-hybridized carbons (Fsp3) is 0.333. The van der Waals surface area contributed by atoms with Crippen molar-refractivity contribution in [3.63, 3.8) is 0 Å². The molecule has 6 heteroatoms. The highest BCUT2D eigenvalue weighted by Gasteiger charge is 2.26. The van der Waals surface area contributed by atoms with Crippen LogP contribution in [0.5, 0.6) is 0 Å². The van der Waals surface area contributed by atoms with E-state index in [9.17, 15) is 15.0 Å². The van der Waals surface area contributed by atoms with Crippen LogP contribution in [0, 0.1) is 0 Å². The predicted octanol–water partition coefficient (Wildman–Crippen LogP) is 1.13. The summed E-state index contributed by atoms with van der Waals surface area (Å²) in [5.74, 6) is -0.469. The van der Waals surface area contributed by atoms with Crippen LogP contribution < -0.4 is 4.90 Å². The number of pyridine rings is 1. The Morgan fingerprint density at radius 1 is 1.43 bits per heavy atom. The van der Waals surface area contributed by atoms with Gasteiger partial charge in [-0.1, -0.05) is 24.3 Å². The lowest BCUT2D eigenvalue weighted by atomic mass is 10.1. The summed E-state index contributed by atoms with van der Waals surface area (Å²) in [7, 11) is 0. The van der Waals surface area contributed by atoms with Gasteiger partial charge >= 0.3 is 5.97 Å². The van der Waals surface area contributed by atoms with Gasteiger partial charge in [0.05, 0.1) is 25.9 Å². The van der Waals surface area contributed by atoms with E-state index in [1.165, 1.54) is 0 Å². The van der Waals surface area contributed by atoms with Crippen LogP contribution in [-0.2, 0) is 4.74 Å². The minimum atomic E-state index is -1.06. The average molecular weight is 288 g/mol. The maximum atomic E-state index is 11.3. The van der Waals surface area contributed by atoms with E-state index in [2.05, 4.69) is 4.98 Å². The van der Waals surface area contributed by atoms with E-state index in [-0.39, 0.29) is 18.3 Å². The van der Waals surface area contributed by atoms with Gasteiger partial charge in [-0.2, -0.15) is 0 Å².